The van der Waals surface area contributed by atoms with Crippen LogP contribution < -0.4 is 10.5 Å². The number of carbonyl (C=O) groups is 1. The molecule has 0 spiro atoms. The lowest BCUT2D eigenvalue weighted by Crippen LogP contribution is -2.31. The van der Waals surface area contributed by atoms with Crippen LogP contribution in [0.25, 0.3) is 0 Å². The molecule has 4 nitrogen and oxygen atoms in total. The molecule has 0 aliphatic carbocycles. The molecule has 1 aromatic carbocycles. The lowest BCUT2D eigenvalue weighted by Gasteiger charge is -2.26. The first-order valence-electron chi connectivity index (χ1n) is 4.54. The van der Waals surface area contributed by atoms with Crippen molar-refractivity contribution in [1.82, 2.24) is 0 Å². The molecule has 1 aromatic rings. The maximum atomic E-state index is 10.9. The molecule has 1 aliphatic heterocycles. The summed E-state index contributed by atoms with van der Waals surface area (Å²) in [6.07, 6.45) is 0.136. The zero-order chi connectivity index (χ0) is 10.8. The van der Waals surface area contributed by atoms with Crippen LogP contribution in [0.15, 0.2) is 18.2 Å². The molecule has 3 N–H and O–H groups in total. The molecule has 1 aliphatic rings. The van der Waals surface area contributed by atoms with Crippen LogP contribution in [0.3, 0.4) is 0 Å². The number of ether oxygens (including phenoxy) is 1. The van der Waals surface area contributed by atoms with Crippen molar-refractivity contribution in [1.29, 1.82) is 0 Å². The highest BCUT2D eigenvalue weighted by atomic mass is 32.2. The van der Waals surface area contributed by atoms with Crippen LogP contribution in [0, 0.1) is 0 Å². The molecule has 0 atom stereocenters. The van der Waals surface area contributed by atoms with Gasteiger partial charge in [0.1, 0.15) is 17.4 Å². The molecule has 0 saturated carbocycles. The van der Waals surface area contributed by atoms with Gasteiger partial charge in [-0.3, -0.25) is 0 Å². The highest BCUT2D eigenvalue weighted by Crippen LogP contribution is 2.27. The van der Waals surface area contributed by atoms with E-state index in [1.807, 2.05) is 0 Å². The zero-order valence-corrected chi connectivity index (χ0v) is 8.79. The number of anilines is 1. The fraction of sp³-hybridized carbons (Fsp3) is 0.300. The van der Waals surface area contributed by atoms with Crippen LogP contribution in [0.2, 0.25) is 0 Å². The smallest absolute Gasteiger partial charge is 0.339 e. The summed E-state index contributed by atoms with van der Waals surface area (Å²) in [6.45, 7) is 0. The third-order valence-electron chi connectivity index (χ3n) is 2.14. The van der Waals surface area contributed by atoms with E-state index in [-0.39, 0.29) is 11.7 Å². The van der Waals surface area contributed by atoms with E-state index in [0.29, 0.717) is 11.4 Å². The summed E-state index contributed by atoms with van der Waals surface area (Å²) in [5.41, 5.74) is 6.08. The third kappa shape index (κ3) is 2.18. The van der Waals surface area contributed by atoms with Gasteiger partial charge in [0.05, 0.1) is 0 Å². The lowest BCUT2D eigenvalue weighted by molar-refractivity contribution is 0.0690. The van der Waals surface area contributed by atoms with Gasteiger partial charge in [0.25, 0.3) is 0 Å². The number of benzene rings is 1. The number of carboxylic acid groups (broad SMARTS) is 1. The molecule has 0 aromatic heterocycles. The fourth-order valence-corrected chi connectivity index (χ4v) is 1.84. The fourth-order valence-electron chi connectivity index (χ4n) is 1.28. The molecule has 15 heavy (non-hydrogen) atoms. The van der Waals surface area contributed by atoms with E-state index in [0.717, 1.165) is 11.5 Å². The highest BCUT2D eigenvalue weighted by Gasteiger charge is 2.22. The highest BCUT2D eigenvalue weighted by molar-refractivity contribution is 8.00. The van der Waals surface area contributed by atoms with Gasteiger partial charge >= 0.3 is 5.97 Å². The molecule has 80 valence electrons. The van der Waals surface area contributed by atoms with Gasteiger partial charge in [-0.05, 0) is 18.2 Å². The average molecular weight is 225 g/mol. The molecule has 5 heteroatoms. The summed E-state index contributed by atoms with van der Waals surface area (Å²) in [4.78, 5) is 10.9. The Labute approximate surface area is 91.4 Å². The first-order valence-corrected chi connectivity index (χ1v) is 5.69. The largest absolute Gasteiger partial charge is 0.488 e. The molecule has 0 unspecified atom stereocenters. The molecule has 1 heterocycles. The van der Waals surface area contributed by atoms with Crippen LogP contribution in [-0.2, 0) is 0 Å². The van der Waals surface area contributed by atoms with E-state index in [9.17, 15) is 4.79 Å². The Balaban J connectivity index is 2.23. The van der Waals surface area contributed by atoms with Crippen LogP contribution in [-0.4, -0.2) is 28.7 Å². The van der Waals surface area contributed by atoms with Crippen molar-refractivity contribution >= 4 is 23.4 Å². The van der Waals surface area contributed by atoms with E-state index in [2.05, 4.69) is 0 Å². The van der Waals surface area contributed by atoms with Crippen molar-refractivity contribution in [2.75, 3.05) is 17.2 Å². The Bertz CT molecular complexity index is 390. The predicted octanol–water partition coefficient (Wildman–Crippen LogP) is 1.46. The Morgan fingerprint density at radius 2 is 2.27 bits per heavy atom. The second-order valence-electron chi connectivity index (χ2n) is 3.34. The van der Waals surface area contributed by atoms with E-state index in [1.165, 1.54) is 6.07 Å². The molecular weight excluding hydrogens is 214 g/mol. The average Bonchev–Trinajstić information content (AvgIpc) is 2.12. The van der Waals surface area contributed by atoms with Crippen LogP contribution in [0.5, 0.6) is 5.75 Å². The van der Waals surface area contributed by atoms with Crippen LogP contribution >= 0.6 is 11.8 Å². The van der Waals surface area contributed by atoms with Gasteiger partial charge in [0, 0.05) is 17.2 Å². The Hall–Kier alpha value is -1.36. The van der Waals surface area contributed by atoms with Crippen molar-refractivity contribution in [2.45, 2.75) is 6.10 Å². The number of nitrogen functional groups attached to an aromatic ring is 1. The van der Waals surface area contributed by atoms with Gasteiger partial charge in [-0.2, -0.15) is 11.8 Å². The molecule has 0 bridgehead atoms. The number of aromatic carboxylic acids is 1. The van der Waals surface area contributed by atoms with Gasteiger partial charge in [0.2, 0.25) is 0 Å². The van der Waals surface area contributed by atoms with Gasteiger partial charge in [-0.1, -0.05) is 0 Å². The maximum Gasteiger partial charge on any atom is 0.339 e. The topological polar surface area (TPSA) is 72.5 Å². The summed E-state index contributed by atoms with van der Waals surface area (Å²) < 4.78 is 5.54. The predicted molar refractivity (Wildman–Crippen MR) is 59.6 cm³/mol. The number of hydrogen-bond acceptors (Lipinski definition) is 4. The van der Waals surface area contributed by atoms with Crippen molar-refractivity contribution in [3.63, 3.8) is 0 Å². The Kier molecular flexibility index (Phi) is 2.73. The second kappa shape index (κ2) is 4.02. The van der Waals surface area contributed by atoms with Crippen LogP contribution in [0.1, 0.15) is 10.4 Å². The summed E-state index contributed by atoms with van der Waals surface area (Å²) in [6, 6.07) is 4.68. The van der Waals surface area contributed by atoms with E-state index in [4.69, 9.17) is 15.6 Å². The molecule has 0 amide bonds. The third-order valence-corrected chi connectivity index (χ3v) is 3.35. The van der Waals surface area contributed by atoms with Gasteiger partial charge < -0.3 is 15.6 Å². The maximum absolute atomic E-state index is 10.9. The van der Waals surface area contributed by atoms with Gasteiger partial charge in [-0.15, -0.1) is 0 Å². The van der Waals surface area contributed by atoms with Gasteiger partial charge in [0.15, 0.2) is 0 Å². The monoisotopic (exact) mass is 225 g/mol. The number of hydrogen-bond donors (Lipinski definition) is 2. The molecule has 1 saturated heterocycles. The molecule has 2 rings (SSSR count). The minimum absolute atomic E-state index is 0.131. The van der Waals surface area contributed by atoms with E-state index < -0.39 is 5.97 Å². The molecule has 0 radical (unpaired) electrons. The van der Waals surface area contributed by atoms with Crippen LogP contribution in [0.4, 0.5) is 5.69 Å². The molecule has 1 fully saturated rings. The number of thioether (sulfide) groups is 1. The van der Waals surface area contributed by atoms with Gasteiger partial charge in [-0.25, -0.2) is 4.79 Å². The van der Waals surface area contributed by atoms with E-state index >= 15 is 0 Å². The van der Waals surface area contributed by atoms with Crippen molar-refractivity contribution < 1.29 is 14.6 Å². The number of carboxylic acids is 1. The summed E-state index contributed by atoms with van der Waals surface area (Å²) in [5, 5.41) is 8.95. The molecular formula is C10H11NO3S. The van der Waals surface area contributed by atoms with Crippen molar-refractivity contribution in [2.24, 2.45) is 0 Å². The zero-order valence-electron chi connectivity index (χ0n) is 7.97. The Morgan fingerprint density at radius 3 is 2.80 bits per heavy atom. The standard InChI is InChI=1S/C10H11NO3S/c11-6-1-2-9(8(3-6)10(12)13)14-7-4-15-5-7/h1-3,7H,4-5,11H2,(H,12,13). The number of rotatable bonds is 3. The minimum atomic E-state index is -1.01. The van der Waals surface area contributed by atoms with Crippen molar-refractivity contribution in [3.8, 4) is 5.75 Å². The summed E-state index contributed by atoms with van der Waals surface area (Å²) in [7, 11) is 0. The second-order valence-corrected chi connectivity index (χ2v) is 4.41. The summed E-state index contributed by atoms with van der Waals surface area (Å²) >= 11 is 1.78. The normalized spacial score (nSPS) is 15.7. The lowest BCUT2D eigenvalue weighted by atomic mass is 10.2. The Morgan fingerprint density at radius 1 is 1.53 bits per heavy atom. The first-order chi connectivity index (χ1) is 7.16. The SMILES string of the molecule is Nc1ccc(OC2CSC2)c(C(=O)O)c1. The number of nitrogens with two attached hydrogens (primary N) is 1. The quantitative estimate of drug-likeness (QED) is 0.762. The summed E-state index contributed by atoms with van der Waals surface area (Å²) in [5.74, 6) is 1.23. The minimum Gasteiger partial charge on any atom is -0.488 e. The first kappa shape index (κ1) is 10.2. The van der Waals surface area contributed by atoms with Crippen molar-refractivity contribution in [3.05, 3.63) is 23.8 Å². The van der Waals surface area contributed by atoms with E-state index in [1.54, 1.807) is 23.9 Å².